The predicted molar refractivity (Wildman–Crippen MR) is 75.8 cm³/mol. The number of halogens is 1. The van der Waals surface area contributed by atoms with Crippen molar-refractivity contribution in [3.8, 4) is 0 Å². The minimum Gasteiger partial charge on any atom is -0.396 e. The molecule has 1 unspecified atom stereocenters. The van der Waals surface area contributed by atoms with Crippen LogP contribution >= 0.6 is 0 Å². The van der Waals surface area contributed by atoms with E-state index in [0.717, 1.165) is 24.8 Å². The Hall–Kier alpha value is -1.42. The average Bonchev–Trinajstić information content (AvgIpc) is 3.25. The molecule has 1 atom stereocenters. The van der Waals surface area contributed by atoms with Gasteiger partial charge in [0.2, 0.25) is 5.91 Å². The van der Waals surface area contributed by atoms with Gasteiger partial charge in [-0.05, 0) is 42.9 Å². The molecule has 0 heterocycles. The van der Waals surface area contributed by atoms with Gasteiger partial charge in [0.15, 0.2) is 0 Å². The topological polar surface area (TPSA) is 49.3 Å². The molecule has 3 nitrogen and oxygen atoms in total. The van der Waals surface area contributed by atoms with Crippen LogP contribution in [0.2, 0.25) is 0 Å². The van der Waals surface area contributed by atoms with Crippen molar-refractivity contribution in [3.05, 3.63) is 35.6 Å². The van der Waals surface area contributed by atoms with E-state index in [-0.39, 0.29) is 18.3 Å². The molecule has 1 aromatic carbocycles. The monoisotopic (exact) mass is 279 g/mol. The standard InChI is InChI=1S/C16H22FNO2/c1-2-12(7-10-19)11-18-15(20)16(8-9-16)13-3-5-14(17)6-4-13/h3-6,12,19H,2,7-11H2,1H3,(H,18,20). The third-order valence-corrected chi connectivity index (χ3v) is 4.25. The van der Waals surface area contributed by atoms with Crippen LogP contribution in [0, 0.1) is 11.7 Å². The zero-order chi connectivity index (χ0) is 14.6. The molecule has 0 aliphatic heterocycles. The quantitative estimate of drug-likeness (QED) is 0.805. The molecule has 0 aromatic heterocycles. The van der Waals surface area contributed by atoms with Gasteiger partial charge < -0.3 is 10.4 Å². The maximum atomic E-state index is 13.0. The van der Waals surface area contributed by atoms with E-state index in [1.807, 2.05) is 0 Å². The van der Waals surface area contributed by atoms with Gasteiger partial charge in [-0.2, -0.15) is 0 Å². The van der Waals surface area contributed by atoms with Gasteiger partial charge in [-0.3, -0.25) is 4.79 Å². The number of carbonyl (C=O) groups is 1. The Morgan fingerprint density at radius 2 is 2.05 bits per heavy atom. The molecule has 1 saturated carbocycles. The van der Waals surface area contributed by atoms with Crippen LogP contribution in [-0.2, 0) is 10.2 Å². The van der Waals surface area contributed by atoms with E-state index in [9.17, 15) is 9.18 Å². The molecule has 0 bridgehead atoms. The summed E-state index contributed by atoms with van der Waals surface area (Å²) in [5.41, 5.74) is 0.442. The maximum Gasteiger partial charge on any atom is 0.230 e. The Morgan fingerprint density at radius 3 is 2.55 bits per heavy atom. The highest BCUT2D eigenvalue weighted by molar-refractivity contribution is 5.91. The summed E-state index contributed by atoms with van der Waals surface area (Å²) in [6, 6.07) is 6.21. The molecule has 1 aromatic rings. The van der Waals surface area contributed by atoms with E-state index < -0.39 is 5.41 Å². The Kier molecular flexibility index (Phi) is 4.76. The van der Waals surface area contributed by atoms with Crippen molar-refractivity contribution >= 4 is 5.91 Å². The minimum atomic E-state index is -0.453. The van der Waals surface area contributed by atoms with E-state index in [1.165, 1.54) is 12.1 Å². The highest BCUT2D eigenvalue weighted by Gasteiger charge is 2.51. The van der Waals surface area contributed by atoms with Gasteiger partial charge in [0.25, 0.3) is 0 Å². The first-order valence-corrected chi connectivity index (χ1v) is 7.27. The van der Waals surface area contributed by atoms with E-state index in [1.54, 1.807) is 12.1 Å². The first kappa shape index (κ1) is 15.0. The fourth-order valence-corrected chi connectivity index (χ4v) is 2.58. The molecule has 20 heavy (non-hydrogen) atoms. The zero-order valence-electron chi connectivity index (χ0n) is 11.9. The second kappa shape index (κ2) is 6.35. The van der Waals surface area contributed by atoms with Crippen LogP contribution in [0.4, 0.5) is 4.39 Å². The average molecular weight is 279 g/mol. The lowest BCUT2D eigenvalue weighted by Crippen LogP contribution is -2.37. The molecular weight excluding hydrogens is 257 g/mol. The first-order chi connectivity index (χ1) is 9.62. The molecule has 1 aliphatic carbocycles. The molecule has 0 spiro atoms. The van der Waals surface area contributed by atoms with Crippen LogP contribution in [0.3, 0.4) is 0 Å². The second-order valence-electron chi connectivity index (χ2n) is 5.59. The number of nitrogens with one attached hydrogen (secondary N) is 1. The van der Waals surface area contributed by atoms with E-state index >= 15 is 0 Å². The largest absolute Gasteiger partial charge is 0.396 e. The summed E-state index contributed by atoms with van der Waals surface area (Å²) < 4.78 is 13.0. The van der Waals surface area contributed by atoms with E-state index in [4.69, 9.17) is 5.11 Å². The Morgan fingerprint density at radius 1 is 1.40 bits per heavy atom. The summed E-state index contributed by atoms with van der Waals surface area (Å²) in [7, 11) is 0. The van der Waals surface area contributed by atoms with Crippen LogP contribution in [0.1, 0.15) is 38.2 Å². The number of rotatable bonds is 7. The van der Waals surface area contributed by atoms with Crippen LogP contribution < -0.4 is 5.32 Å². The van der Waals surface area contributed by atoms with Gasteiger partial charge in [0.1, 0.15) is 5.82 Å². The number of hydrogen-bond donors (Lipinski definition) is 2. The van der Waals surface area contributed by atoms with E-state index in [0.29, 0.717) is 18.9 Å². The molecule has 4 heteroatoms. The lowest BCUT2D eigenvalue weighted by molar-refractivity contribution is -0.123. The Bertz CT molecular complexity index is 454. The van der Waals surface area contributed by atoms with Crippen molar-refractivity contribution in [2.45, 2.75) is 38.0 Å². The Balaban J connectivity index is 1.96. The van der Waals surface area contributed by atoms with Crippen molar-refractivity contribution in [1.29, 1.82) is 0 Å². The van der Waals surface area contributed by atoms with Gasteiger partial charge >= 0.3 is 0 Å². The normalized spacial score (nSPS) is 17.6. The number of benzene rings is 1. The van der Waals surface area contributed by atoms with Gasteiger partial charge in [0, 0.05) is 13.2 Å². The molecule has 1 aliphatic rings. The van der Waals surface area contributed by atoms with Crippen LogP contribution in [-0.4, -0.2) is 24.2 Å². The van der Waals surface area contributed by atoms with Gasteiger partial charge in [-0.1, -0.05) is 25.5 Å². The summed E-state index contributed by atoms with van der Waals surface area (Å²) in [5, 5.41) is 12.0. The summed E-state index contributed by atoms with van der Waals surface area (Å²) in [5.74, 6) is 0.0624. The van der Waals surface area contributed by atoms with Gasteiger partial charge in [-0.15, -0.1) is 0 Å². The molecule has 0 radical (unpaired) electrons. The number of hydrogen-bond acceptors (Lipinski definition) is 2. The third-order valence-electron chi connectivity index (χ3n) is 4.25. The van der Waals surface area contributed by atoms with E-state index in [2.05, 4.69) is 12.2 Å². The lowest BCUT2D eigenvalue weighted by atomic mass is 9.94. The SMILES string of the molecule is CCC(CCO)CNC(=O)C1(c2ccc(F)cc2)CC1. The number of aliphatic hydroxyl groups is 1. The number of amides is 1. The van der Waals surface area contributed by atoms with Gasteiger partial charge in [0.05, 0.1) is 5.41 Å². The molecule has 1 fully saturated rings. The van der Waals surface area contributed by atoms with Crippen molar-refractivity contribution in [2.24, 2.45) is 5.92 Å². The number of aliphatic hydroxyl groups excluding tert-OH is 1. The molecule has 2 rings (SSSR count). The first-order valence-electron chi connectivity index (χ1n) is 7.27. The molecule has 2 N–H and O–H groups in total. The Labute approximate surface area is 119 Å². The zero-order valence-corrected chi connectivity index (χ0v) is 11.9. The lowest BCUT2D eigenvalue weighted by Gasteiger charge is -2.19. The highest BCUT2D eigenvalue weighted by Crippen LogP contribution is 2.48. The molecule has 1 amide bonds. The van der Waals surface area contributed by atoms with Crippen LogP contribution in [0.15, 0.2) is 24.3 Å². The van der Waals surface area contributed by atoms with Crippen molar-refractivity contribution in [2.75, 3.05) is 13.2 Å². The maximum absolute atomic E-state index is 13.0. The predicted octanol–water partition coefficient (Wildman–Crippen LogP) is 2.38. The van der Waals surface area contributed by atoms with Crippen molar-refractivity contribution < 1.29 is 14.3 Å². The van der Waals surface area contributed by atoms with Crippen molar-refractivity contribution in [1.82, 2.24) is 5.32 Å². The minimum absolute atomic E-state index is 0.0282. The summed E-state index contributed by atoms with van der Waals surface area (Å²) >= 11 is 0. The summed E-state index contributed by atoms with van der Waals surface area (Å²) in [4.78, 5) is 12.4. The van der Waals surface area contributed by atoms with Crippen molar-refractivity contribution in [3.63, 3.8) is 0 Å². The fraction of sp³-hybridized carbons (Fsp3) is 0.562. The third kappa shape index (κ3) is 3.18. The summed E-state index contributed by atoms with van der Waals surface area (Å²) in [6.45, 7) is 2.80. The molecular formula is C16H22FNO2. The van der Waals surface area contributed by atoms with Crippen LogP contribution in [0.5, 0.6) is 0 Å². The smallest absolute Gasteiger partial charge is 0.230 e. The molecule has 0 saturated heterocycles. The second-order valence-corrected chi connectivity index (χ2v) is 5.59. The van der Waals surface area contributed by atoms with Gasteiger partial charge in [-0.25, -0.2) is 4.39 Å². The highest BCUT2D eigenvalue weighted by atomic mass is 19.1. The molecule has 110 valence electrons. The number of carbonyl (C=O) groups excluding carboxylic acids is 1. The fourth-order valence-electron chi connectivity index (χ4n) is 2.58. The van der Waals surface area contributed by atoms with Crippen LogP contribution in [0.25, 0.3) is 0 Å². The summed E-state index contributed by atoms with van der Waals surface area (Å²) in [6.07, 6.45) is 3.28.